The van der Waals surface area contributed by atoms with Crippen LogP contribution in [0.3, 0.4) is 0 Å². The summed E-state index contributed by atoms with van der Waals surface area (Å²) in [5.41, 5.74) is 8.16. The Morgan fingerprint density at radius 1 is 1.10 bits per heavy atom. The Balaban J connectivity index is 0.000000858. The van der Waals surface area contributed by atoms with Crippen molar-refractivity contribution in [3.8, 4) is 11.3 Å². The van der Waals surface area contributed by atoms with E-state index in [9.17, 15) is 0 Å². The van der Waals surface area contributed by atoms with Crippen molar-refractivity contribution < 1.29 is 9.59 Å². The first-order chi connectivity index (χ1) is 15.1. The highest BCUT2D eigenvalue weighted by molar-refractivity contribution is 5.81. The van der Waals surface area contributed by atoms with Gasteiger partial charge in [-0.05, 0) is 56.1 Å². The molecule has 0 radical (unpaired) electrons. The highest BCUT2D eigenvalue weighted by Gasteiger charge is 2.26. The molecular weight excluding hydrogens is 390 g/mol. The number of hydrogen-bond donors (Lipinski definition) is 2. The standard InChI is InChI=1S/C23H27N5.CO2/c1-15-11-18-12-19-21(22(18)26-14-15)23(25-10-6-9-24-3)28-20(27-19)13-17-8-5-4-7-16(17)2;2-1-3/h4-5,7-8,11,14,24H,6,9-10,12-13H2,1-3H3,(H,25,27,28);. The van der Waals surface area contributed by atoms with E-state index in [1.165, 1.54) is 22.3 Å². The summed E-state index contributed by atoms with van der Waals surface area (Å²) in [6.45, 7) is 6.07. The molecule has 0 aliphatic heterocycles. The summed E-state index contributed by atoms with van der Waals surface area (Å²) >= 11 is 0. The van der Waals surface area contributed by atoms with Crippen LogP contribution < -0.4 is 10.6 Å². The Bertz CT molecular complexity index is 1090. The summed E-state index contributed by atoms with van der Waals surface area (Å²) in [6.07, 6.45) is 4.79. The van der Waals surface area contributed by atoms with E-state index in [0.717, 1.165) is 60.9 Å². The molecule has 31 heavy (non-hydrogen) atoms. The monoisotopic (exact) mass is 417 g/mol. The average Bonchev–Trinajstić information content (AvgIpc) is 3.10. The highest BCUT2D eigenvalue weighted by atomic mass is 16.2. The molecular formula is C24H27N5O2. The molecule has 0 saturated heterocycles. The summed E-state index contributed by atoms with van der Waals surface area (Å²) in [6, 6.07) is 10.7. The van der Waals surface area contributed by atoms with Crippen LogP contribution in [0.5, 0.6) is 0 Å². The van der Waals surface area contributed by atoms with Crippen molar-refractivity contribution in [1.29, 1.82) is 0 Å². The Labute approximate surface area is 182 Å². The quantitative estimate of drug-likeness (QED) is 0.446. The third kappa shape index (κ3) is 5.40. The molecule has 0 bridgehead atoms. The van der Waals surface area contributed by atoms with Crippen molar-refractivity contribution in [1.82, 2.24) is 20.3 Å². The van der Waals surface area contributed by atoms with E-state index in [1.54, 1.807) is 0 Å². The van der Waals surface area contributed by atoms with E-state index in [0.29, 0.717) is 0 Å². The Kier molecular flexibility index (Phi) is 7.60. The van der Waals surface area contributed by atoms with Crippen molar-refractivity contribution in [2.75, 3.05) is 25.5 Å². The van der Waals surface area contributed by atoms with Gasteiger partial charge in [0.15, 0.2) is 0 Å². The molecule has 1 aliphatic rings. The molecule has 7 nitrogen and oxygen atoms in total. The fraction of sp³-hybridized carbons (Fsp3) is 0.333. The van der Waals surface area contributed by atoms with Crippen LogP contribution in [-0.4, -0.2) is 41.2 Å². The number of hydrogen-bond acceptors (Lipinski definition) is 7. The van der Waals surface area contributed by atoms with Gasteiger partial charge in [0.2, 0.25) is 0 Å². The van der Waals surface area contributed by atoms with Gasteiger partial charge in [0.1, 0.15) is 11.6 Å². The lowest BCUT2D eigenvalue weighted by Gasteiger charge is -2.13. The minimum atomic E-state index is 0.250. The number of benzene rings is 1. The molecule has 4 rings (SSSR count). The molecule has 0 atom stereocenters. The summed E-state index contributed by atoms with van der Waals surface area (Å²) in [5, 5.41) is 6.74. The average molecular weight is 418 g/mol. The summed E-state index contributed by atoms with van der Waals surface area (Å²) < 4.78 is 0. The molecule has 2 N–H and O–H groups in total. The lowest BCUT2D eigenvalue weighted by Crippen LogP contribution is -2.15. The molecule has 160 valence electrons. The van der Waals surface area contributed by atoms with Gasteiger partial charge in [-0.15, -0.1) is 0 Å². The van der Waals surface area contributed by atoms with E-state index in [2.05, 4.69) is 54.8 Å². The number of aromatic nitrogens is 3. The first kappa shape index (κ1) is 22.3. The van der Waals surface area contributed by atoms with Crippen LogP contribution in [0, 0.1) is 13.8 Å². The van der Waals surface area contributed by atoms with Gasteiger partial charge in [-0.1, -0.05) is 30.3 Å². The van der Waals surface area contributed by atoms with Crippen LogP contribution >= 0.6 is 0 Å². The van der Waals surface area contributed by atoms with Crippen molar-refractivity contribution in [2.24, 2.45) is 0 Å². The van der Waals surface area contributed by atoms with Gasteiger partial charge < -0.3 is 10.6 Å². The highest BCUT2D eigenvalue weighted by Crippen LogP contribution is 2.38. The molecule has 2 aromatic heterocycles. The van der Waals surface area contributed by atoms with Crippen LogP contribution in [0.25, 0.3) is 11.3 Å². The SMILES string of the molecule is CNCCCNc1nc(Cc2ccccc2C)nc2c1-c1ncc(C)cc1C2.O=C=O. The smallest absolute Gasteiger partial charge is 0.369 e. The second kappa shape index (κ2) is 10.6. The second-order valence-electron chi connectivity index (χ2n) is 7.58. The summed E-state index contributed by atoms with van der Waals surface area (Å²) in [4.78, 5) is 30.8. The number of carbonyl (C=O) groups excluding carboxylic acids is 2. The fourth-order valence-electron chi connectivity index (χ4n) is 3.76. The third-order valence-corrected chi connectivity index (χ3v) is 5.23. The fourth-order valence-corrected chi connectivity index (χ4v) is 3.76. The van der Waals surface area contributed by atoms with Gasteiger partial charge in [-0.3, -0.25) is 4.98 Å². The molecule has 1 aromatic carbocycles. The molecule has 0 unspecified atom stereocenters. The van der Waals surface area contributed by atoms with Crippen molar-refractivity contribution in [2.45, 2.75) is 33.1 Å². The van der Waals surface area contributed by atoms with Gasteiger partial charge in [0.05, 0.1) is 17.0 Å². The Morgan fingerprint density at radius 2 is 1.87 bits per heavy atom. The van der Waals surface area contributed by atoms with Crippen molar-refractivity contribution >= 4 is 12.0 Å². The molecule has 7 heteroatoms. The van der Waals surface area contributed by atoms with Crippen LogP contribution in [0.1, 0.15) is 40.2 Å². The maximum absolute atomic E-state index is 8.12. The van der Waals surface area contributed by atoms with Crippen molar-refractivity contribution in [3.63, 3.8) is 0 Å². The number of rotatable bonds is 7. The largest absolute Gasteiger partial charge is 0.373 e. The molecule has 0 amide bonds. The second-order valence-corrected chi connectivity index (χ2v) is 7.58. The van der Waals surface area contributed by atoms with E-state index >= 15 is 0 Å². The van der Waals surface area contributed by atoms with Gasteiger partial charge in [-0.2, -0.15) is 9.59 Å². The molecule has 1 aliphatic carbocycles. The minimum absolute atomic E-state index is 0.250. The zero-order chi connectivity index (χ0) is 22.2. The lowest BCUT2D eigenvalue weighted by molar-refractivity contribution is -0.191. The predicted molar refractivity (Wildman–Crippen MR) is 119 cm³/mol. The van der Waals surface area contributed by atoms with Gasteiger partial charge >= 0.3 is 6.15 Å². The lowest BCUT2D eigenvalue weighted by atomic mass is 10.1. The van der Waals surface area contributed by atoms with Gasteiger partial charge in [0, 0.05) is 25.6 Å². The van der Waals surface area contributed by atoms with Crippen LogP contribution in [0.2, 0.25) is 0 Å². The molecule has 0 saturated carbocycles. The Hall–Kier alpha value is -3.41. The number of anilines is 1. The predicted octanol–water partition coefficient (Wildman–Crippen LogP) is 3.09. The molecule has 0 spiro atoms. The first-order valence-corrected chi connectivity index (χ1v) is 10.3. The number of pyridine rings is 1. The maximum Gasteiger partial charge on any atom is 0.373 e. The van der Waals surface area contributed by atoms with Crippen molar-refractivity contribution in [3.05, 3.63) is 70.3 Å². The van der Waals surface area contributed by atoms with Crippen LogP contribution in [-0.2, 0) is 22.4 Å². The Morgan fingerprint density at radius 3 is 2.61 bits per heavy atom. The number of aryl methyl sites for hydroxylation is 2. The summed E-state index contributed by atoms with van der Waals surface area (Å²) in [7, 11) is 1.98. The van der Waals surface area contributed by atoms with E-state index < -0.39 is 0 Å². The number of fused-ring (bicyclic) bond motifs is 3. The van der Waals surface area contributed by atoms with Crippen LogP contribution in [0.15, 0.2) is 36.5 Å². The molecule has 0 fully saturated rings. The summed E-state index contributed by atoms with van der Waals surface area (Å²) in [5.74, 6) is 1.79. The van der Waals surface area contributed by atoms with E-state index in [-0.39, 0.29) is 6.15 Å². The third-order valence-electron chi connectivity index (χ3n) is 5.23. The van der Waals surface area contributed by atoms with E-state index in [1.807, 2.05) is 13.2 Å². The number of nitrogens with zero attached hydrogens (tertiary/aromatic N) is 3. The normalized spacial score (nSPS) is 11.1. The van der Waals surface area contributed by atoms with Crippen LogP contribution in [0.4, 0.5) is 5.82 Å². The topological polar surface area (TPSA) is 96.9 Å². The first-order valence-electron chi connectivity index (χ1n) is 10.3. The molecule has 3 aromatic rings. The minimum Gasteiger partial charge on any atom is -0.369 e. The zero-order valence-corrected chi connectivity index (χ0v) is 18.2. The zero-order valence-electron chi connectivity index (χ0n) is 18.2. The number of nitrogens with one attached hydrogen (secondary N) is 2. The van der Waals surface area contributed by atoms with Gasteiger partial charge in [-0.25, -0.2) is 9.97 Å². The maximum atomic E-state index is 8.12. The molecule has 2 heterocycles. The van der Waals surface area contributed by atoms with E-state index in [4.69, 9.17) is 24.5 Å². The van der Waals surface area contributed by atoms with Gasteiger partial charge in [0.25, 0.3) is 0 Å².